The Kier molecular flexibility index (Phi) is 4.91. The van der Waals surface area contributed by atoms with Gasteiger partial charge in [0.2, 0.25) is 0 Å². The zero-order valence-electron chi connectivity index (χ0n) is 13.4. The third-order valence-electron chi connectivity index (χ3n) is 4.33. The zero-order valence-corrected chi connectivity index (χ0v) is 13.4. The molecule has 0 amide bonds. The van der Waals surface area contributed by atoms with Crippen molar-refractivity contribution in [3.05, 3.63) is 71.5 Å². The first-order valence-corrected chi connectivity index (χ1v) is 8.01. The van der Waals surface area contributed by atoms with Crippen molar-refractivity contribution in [3.63, 3.8) is 0 Å². The van der Waals surface area contributed by atoms with Gasteiger partial charge in [0.25, 0.3) is 0 Å². The summed E-state index contributed by atoms with van der Waals surface area (Å²) in [4.78, 5) is 6.68. The van der Waals surface area contributed by atoms with Gasteiger partial charge in [0, 0.05) is 32.6 Å². The smallest absolute Gasteiger partial charge is 0.193 e. The van der Waals surface area contributed by atoms with E-state index in [1.807, 2.05) is 7.05 Å². The van der Waals surface area contributed by atoms with Gasteiger partial charge in [-0.25, -0.2) is 4.39 Å². The molecule has 0 bridgehead atoms. The van der Waals surface area contributed by atoms with Gasteiger partial charge in [-0.2, -0.15) is 0 Å². The van der Waals surface area contributed by atoms with E-state index in [-0.39, 0.29) is 5.82 Å². The number of nitrogens with zero attached hydrogens (tertiary/aromatic N) is 2. The SMILES string of the molecule is CN=C(NCc1ccc(F)cc1)N1CCC(c2ccccc2)C1. The van der Waals surface area contributed by atoms with Gasteiger partial charge < -0.3 is 10.2 Å². The molecule has 1 unspecified atom stereocenters. The van der Waals surface area contributed by atoms with Crippen molar-refractivity contribution >= 4 is 5.96 Å². The van der Waals surface area contributed by atoms with E-state index in [9.17, 15) is 4.39 Å². The molecule has 3 rings (SSSR count). The minimum absolute atomic E-state index is 0.205. The highest BCUT2D eigenvalue weighted by Crippen LogP contribution is 2.26. The normalized spacial score (nSPS) is 18.3. The maximum atomic E-state index is 12.9. The lowest BCUT2D eigenvalue weighted by Crippen LogP contribution is -2.39. The Morgan fingerprint density at radius 3 is 2.61 bits per heavy atom. The predicted octanol–water partition coefficient (Wildman–Crippen LogP) is 3.39. The summed E-state index contributed by atoms with van der Waals surface area (Å²) in [5.41, 5.74) is 2.44. The van der Waals surface area contributed by atoms with Crippen molar-refractivity contribution in [1.82, 2.24) is 10.2 Å². The van der Waals surface area contributed by atoms with Gasteiger partial charge in [-0.15, -0.1) is 0 Å². The Hall–Kier alpha value is -2.36. The molecule has 1 aliphatic heterocycles. The molecular weight excluding hydrogens is 289 g/mol. The van der Waals surface area contributed by atoms with Crippen LogP contribution in [0.4, 0.5) is 4.39 Å². The van der Waals surface area contributed by atoms with Crippen molar-refractivity contribution in [2.45, 2.75) is 18.9 Å². The van der Waals surface area contributed by atoms with Crippen LogP contribution in [0.15, 0.2) is 59.6 Å². The number of hydrogen-bond acceptors (Lipinski definition) is 1. The van der Waals surface area contributed by atoms with Crippen molar-refractivity contribution in [2.75, 3.05) is 20.1 Å². The molecule has 3 nitrogen and oxygen atoms in total. The summed E-state index contributed by atoms with van der Waals surface area (Å²) in [7, 11) is 1.81. The van der Waals surface area contributed by atoms with E-state index in [0.29, 0.717) is 12.5 Å². The summed E-state index contributed by atoms with van der Waals surface area (Å²) in [6, 6.07) is 17.2. The summed E-state index contributed by atoms with van der Waals surface area (Å²) < 4.78 is 12.9. The van der Waals surface area contributed by atoms with Gasteiger partial charge in [0.15, 0.2) is 5.96 Å². The number of benzene rings is 2. The van der Waals surface area contributed by atoms with E-state index in [4.69, 9.17) is 0 Å². The largest absolute Gasteiger partial charge is 0.352 e. The van der Waals surface area contributed by atoms with Crippen LogP contribution in [-0.2, 0) is 6.54 Å². The molecule has 120 valence electrons. The average Bonchev–Trinajstić information content (AvgIpc) is 3.08. The van der Waals surface area contributed by atoms with Crippen LogP contribution in [0, 0.1) is 5.82 Å². The van der Waals surface area contributed by atoms with Crippen LogP contribution < -0.4 is 5.32 Å². The summed E-state index contributed by atoms with van der Waals surface area (Å²) in [5, 5.41) is 3.37. The number of halogens is 1. The third-order valence-corrected chi connectivity index (χ3v) is 4.33. The first-order valence-electron chi connectivity index (χ1n) is 8.01. The van der Waals surface area contributed by atoms with E-state index in [2.05, 4.69) is 45.5 Å². The fourth-order valence-corrected chi connectivity index (χ4v) is 3.07. The van der Waals surface area contributed by atoms with Crippen LogP contribution in [0.2, 0.25) is 0 Å². The molecule has 4 heteroatoms. The maximum absolute atomic E-state index is 12.9. The van der Waals surface area contributed by atoms with E-state index in [1.165, 1.54) is 17.7 Å². The van der Waals surface area contributed by atoms with Gasteiger partial charge in [0.05, 0.1) is 0 Å². The number of hydrogen-bond donors (Lipinski definition) is 1. The summed E-state index contributed by atoms with van der Waals surface area (Å²) in [6.07, 6.45) is 1.14. The lowest BCUT2D eigenvalue weighted by molar-refractivity contribution is 0.486. The molecule has 1 saturated heterocycles. The number of aliphatic imine (C=N–C) groups is 1. The van der Waals surface area contributed by atoms with Gasteiger partial charge in [0.1, 0.15) is 5.82 Å². The number of nitrogens with one attached hydrogen (secondary N) is 1. The molecule has 2 aromatic rings. The lowest BCUT2D eigenvalue weighted by atomic mass is 9.99. The fraction of sp³-hybridized carbons (Fsp3) is 0.316. The van der Waals surface area contributed by atoms with E-state index in [1.54, 1.807) is 12.1 Å². The van der Waals surface area contributed by atoms with Crippen LogP contribution in [0.5, 0.6) is 0 Å². The highest BCUT2D eigenvalue weighted by Gasteiger charge is 2.25. The average molecular weight is 311 g/mol. The van der Waals surface area contributed by atoms with Crippen molar-refractivity contribution in [2.24, 2.45) is 4.99 Å². The molecule has 1 aliphatic rings. The Morgan fingerprint density at radius 1 is 1.17 bits per heavy atom. The van der Waals surface area contributed by atoms with Gasteiger partial charge >= 0.3 is 0 Å². The highest BCUT2D eigenvalue weighted by atomic mass is 19.1. The van der Waals surface area contributed by atoms with E-state index >= 15 is 0 Å². The Balaban J connectivity index is 1.58. The number of likely N-dealkylation sites (tertiary alicyclic amines) is 1. The second-order valence-corrected chi connectivity index (χ2v) is 5.87. The standard InChI is InChI=1S/C19H22FN3/c1-21-19(22-13-15-7-9-18(20)10-8-15)23-12-11-17(14-23)16-5-3-2-4-6-16/h2-10,17H,11-14H2,1H3,(H,21,22). The first-order chi connectivity index (χ1) is 11.3. The molecule has 1 N–H and O–H groups in total. The quantitative estimate of drug-likeness (QED) is 0.695. The molecule has 1 fully saturated rings. The van der Waals surface area contributed by atoms with Crippen molar-refractivity contribution in [1.29, 1.82) is 0 Å². The minimum Gasteiger partial charge on any atom is -0.352 e. The summed E-state index contributed by atoms with van der Waals surface area (Å²) >= 11 is 0. The Morgan fingerprint density at radius 2 is 1.91 bits per heavy atom. The molecule has 0 spiro atoms. The maximum Gasteiger partial charge on any atom is 0.193 e. The highest BCUT2D eigenvalue weighted by molar-refractivity contribution is 5.80. The molecular formula is C19H22FN3. The second kappa shape index (κ2) is 7.27. The molecule has 2 aromatic carbocycles. The fourth-order valence-electron chi connectivity index (χ4n) is 3.07. The van der Waals surface area contributed by atoms with E-state index < -0.39 is 0 Å². The second-order valence-electron chi connectivity index (χ2n) is 5.87. The molecule has 0 aliphatic carbocycles. The van der Waals surface area contributed by atoms with E-state index in [0.717, 1.165) is 31.0 Å². The van der Waals surface area contributed by atoms with Gasteiger partial charge in [-0.1, -0.05) is 42.5 Å². The van der Waals surface area contributed by atoms with Crippen LogP contribution in [0.25, 0.3) is 0 Å². The predicted molar refractivity (Wildman–Crippen MR) is 92.0 cm³/mol. The zero-order chi connectivity index (χ0) is 16.1. The van der Waals surface area contributed by atoms with Crippen LogP contribution in [0.1, 0.15) is 23.5 Å². The monoisotopic (exact) mass is 311 g/mol. The lowest BCUT2D eigenvalue weighted by Gasteiger charge is -2.22. The first kappa shape index (κ1) is 15.5. The molecule has 0 aromatic heterocycles. The molecule has 0 saturated carbocycles. The third kappa shape index (κ3) is 3.89. The van der Waals surface area contributed by atoms with Crippen LogP contribution >= 0.6 is 0 Å². The molecule has 1 heterocycles. The van der Waals surface area contributed by atoms with Crippen molar-refractivity contribution < 1.29 is 4.39 Å². The van der Waals surface area contributed by atoms with Gasteiger partial charge in [-0.05, 0) is 29.7 Å². The molecule has 0 radical (unpaired) electrons. The molecule has 1 atom stereocenters. The Labute approximate surface area is 136 Å². The summed E-state index contributed by atoms with van der Waals surface area (Å²) in [5.74, 6) is 1.26. The van der Waals surface area contributed by atoms with Crippen molar-refractivity contribution in [3.8, 4) is 0 Å². The Bertz CT molecular complexity index is 652. The summed E-state index contributed by atoms with van der Waals surface area (Å²) in [6.45, 7) is 2.63. The van der Waals surface area contributed by atoms with Gasteiger partial charge in [-0.3, -0.25) is 4.99 Å². The van der Waals surface area contributed by atoms with Crippen LogP contribution in [-0.4, -0.2) is 31.0 Å². The number of guanidine groups is 1. The number of rotatable bonds is 3. The minimum atomic E-state index is -0.205. The topological polar surface area (TPSA) is 27.6 Å². The molecule has 23 heavy (non-hydrogen) atoms. The van der Waals surface area contributed by atoms with Crippen LogP contribution in [0.3, 0.4) is 0 Å².